The van der Waals surface area contributed by atoms with Gasteiger partial charge in [0.2, 0.25) is 17.8 Å². The Balaban J connectivity index is 1.36. The molecule has 2 aliphatic heterocycles. The first-order valence-corrected chi connectivity index (χ1v) is 10.3. The van der Waals surface area contributed by atoms with E-state index in [2.05, 4.69) is 24.8 Å². The lowest BCUT2D eigenvalue weighted by atomic mass is 10.2. The van der Waals surface area contributed by atoms with Gasteiger partial charge in [-0.05, 0) is 6.07 Å². The third-order valence-corrected chi connectivity index (χ3v) is 5.93. The fraction of sp³-hybridized carbons (Fsp3) is 0.381. The van der Waals surface area contributed by atoms with Crippen molar-refractivity contribution in [1.29, 1.82) is 0 Å². The van der Waals surface area contributed by atoms with Crippen molar-refractivity contribution in [2.45, 2.75) is 6.42 Å². The fourth-order valence-electron chi connectivity index (χ4n) is 4.07. The Kier molecular flexibility index (Phi) is 4.80. The monoisotopic (exact) mass is 436 g/mol. The first-order valence-electron chi connectivity index (χ1n) is 10.3. The molecule has 3 aromatic rings. The van der Waals surface area contributed by atoms with Gasteiger partial charge in [-0.1, -0.05) is 0 Å². The first-order chi connectivity index (χ1) is 15.5. The topological polar surface area (TPSA) is 123 Å². The normalized spacial score (nSPS) is 16.0. The number of hydrogen-bond donors (Lipinski definition) is 1. The number of hydrogen-bond acceptors (Lipinski definition) is 10. The number of ether oxygens (including phenoxy) is 2. The molecule has 0 radical (unpaired) electrons. The number of methoxy groups -OCH3 is 2. The molecule has 1 fully saturated rings. The van der Waals surface area contributed by atoms with E-state index in [-0.39, 0.29) is 5.91 Å². The maximum absolute atomic E-state index is 11.9. The van der Waals surface area contributed by atoms with Gasteiger partial charge in [0.25, 0.3) is 0 Å². The molecular formula is C21H24N8O3. The lowest BCUT2D eigenvalue weighted by Gasteiger charge is -2.35. The lowest BCUT2D eigenvalue weighted by Crippen LogP contribution is -2.47. The molecule has 0 bridgehead atoms. The van der Waals surface area contributed by atoms with E-state index >= 15 is 0 Å². The smallest absolute Gasteiger partial charge is 0.232 e. The molecule has 1 amide bonds. The zero-order chi connectivity index (χ0) is 22.4. The highest BCUT2D eigenvalue weighted by atomic mass is 16.5. The minimum atomic E-state index is 0.0385. The molecule has 32 heavy (non-hydrogen) atoms. The van der Waals surface area contributed by atoms with E-state index in [9.17, 15) is 4.79 Å². The third-order valence-electron chi connectivity index (χ3n) is 5.93. The van der Waals surface area contributed by atoms with Crippen LogP contribution >= 0.6 is 0 Å². The Morgan fingerprint density at radius 3 is 2.28 bits per heavy atom. The molecular weight excluding hydrogens is 412 g/mol. The average molecular weight is 436 g/mol. The molecule has 1 saturated heterocycles. The Morgan fingerprint density at radius 1 is 0.938 bits per heavy atom. The number of likely N-dealkylation sites (N-methyl/N-ethyl adjacent to an activating group) is 1. The number of anilines is 4. The van der Waals surface area contributed by atoms with Crippen LogP contribution in [0.2, 0.25) is 0 Å². The van der Waals surface area contributed by atoms with E-state index in [1.807, 2.05) is 6.07 Å². The molecule has 0 saturated carbocycles. The summed E-state index contributed by atoms with van der Waals surface area (Å²) in [6, 6.07) is 3.60. The minimum absolute atomic E-state index is 0.0385. The molecule has 11 nitrogen and oxygen atoms in total. The van der Waals surface area contributed by atoms with Gasteiger partial charge in [-0.15, -0.1) is 0 Å². The SMILES string of the molecule is COc1cc2nc(N3CCN(c4ncc5c(n4)N(C)C(=O)C5)CC3)nc(N)c2cc1OC. The van der Waals surface area contributed by atoms with Crippen LogP contribution in [-0.2, 0) is 11.2 Å². The molecule has 0 aliphatic carbocycles. The second-order valence-electron chi connectivity index (χ2n) is 7.76. The van der Waals surface area contributed by atoms with Crippen molar-refractivity contribution in [2.24, 2.45) is 0 Å². The van der Waals surface area contributed by atoms with Crippen LogP contribution in [-0.4, -0.2) is 73.3 Å². The van der Waals surface area contributed by atoms with Gasteiger partial charge in [-0.2, -0.15) is 9.97 Å². The highest BCUT2D eigenvalue weighted by molar-refractivity contribution is 5.99. The molecule has 2 aliphatic rings. The van der Waals surface area contributed by atoms with Gasteiger partial charge >= 0.3 is 0 Å². The molecule has 11 heteroatoms. The van der Waals surface area contributed by atoms with Crippen LogP contribution in [0.4, 0.5) is 23.5 Å². The lowest BCUT2D eigenvalue weighted by molar-refractivity contribution is -0.117. The zero-order valence-electron chi connectivity index (χ0n) is 18.2. The average Bonchev–Trinajstić information content (AvgIpc) is 3.11. The zero-order valence-corrected chi connectivity index (χ0v) is 18.2. The van der Waals surface area contributed by atoms with Crippen LogP contribution in [0.3, 0.4) is 0 Å². The summed E-state index contributed by atoms with van der Waals surface area (Å²) in [7, 11) is 4.91. The van der Waals surface area contributed by atoms with Crippen LogP contribution < -0.4 is 29.9 Å². The fourth-order valence-corrected chi connectivity index (χ4v) is 4.07. The summed E-state index contributed by atoms with van der Waals surface area (Å²) in [4.78, 5) is 36.0. The van der Waals surface area contributed by atoms with Crippen LogP contribution in [0.15, 0.2) is 18.3 Å². The second-order valence-corrected chi connectivity index (χ2v) is 7.76. The molecule has 0 unspecified atom stereocenters. The van der Waals surface area contributed by atoms with E-state index < -0.39 is 0 Å². The number of nitrogens with zero attached hydrogens (tertiary/aromatic N) is 7. The molecule has 0 spiro atoms. The maximum atomic E-state index is 11.9. The van der Waals surface area contributed by atoms with Gasteiger partial charge in [-0.3, -0.25) is 9.69 Å². The van der Waals surface area contributed by atoms with Crippen molar-refractivity contribution in [1.82, 2.24) is 19.9 Å². The van der Waals surface area contributed by atoms with Crippen molar-refractivity contribution < 1.29 is 14.3 Å². The molecule has 1 aromatic carbocycles. The summed E-state index contributed by atoms with van der Waals surface area (Å²) in [6.45, 7) is 2.77. The van der Waals surface area contributed by atoms with Crippen LogP contribution in [0.1, 0.15) is 5.56 Å². The van der Waals surface area contributed by atoms with Gasteiger partial charge in [0, 0.05) is 56.4 Å². The predicted molar refractivity (Wildman–Crippen MR) is 121 cm³/mol. The summed E-state index contributed by atoms with van der Waals surface area (Å²) in [6.07, 6.45) is 2.11. The number of amides is 1. The highest BCUT2D eigenvalue weighted by Gasteiger charge is 2.28. The summed E-state index contributed by atoms with van der Waals surface area (Å²) in [5, 5.41) is 0.718. The summed E-state index contributed by atoms with van der Waals surface area (Å²) in [5.41, 5.74) is 7.80. The Hall–Kier alpha value is -3.89. The maximum Gasteiger partial charge on any atom is 0.232 e. The molecule has 4 heterocycles. The molecule has 2 N–H and O–H groups in total. The van der Waals surface area contributed by atoms with Crippen LogP contribution in [0.25, 0.3) is 10.9 Å². The quantitative estimate of drug-likeness (QED) is 0.630. The van der Waals surface area contributed by atoms with E-state index in [4.69, 9.17) is 20.2 Å². The predicted octanol–water partition coefficient (Wildman–Crippen LogP) is 0.865. The molecule has 2 aromatic heterocycles. The third kappa shape index (κ3) is 3.26. The van der Waals surface area contributed by atoms with Gasteiger partial charge in [0.05, 0.1) is 26.2 Å². The molecule has 166 valence electrons. The van der Waals surface area contributed by atoms with E-state index in [1.54, 1.807) is 38.4 Å². The Bertz CT molecular complexity index is 1210. The summed E-state index contributed by atoms with van der Waals surface area (Å²) < 4.78 is 10.7. The van der Waals surface area contributed by atoms with Crippen molar-refractivity contribution in [3.05, 3.63) is 23.9 Å². The summed E-state index contributed by atoms with van der Waals surface area (Å²) >= 11 is 0. The number of benzene rings is 1. The van der Waals surface area contributed by atoms with Gasteiger partial charge in [0.1, 0.15) is 11.6 Å². The van der Waals surface area contributed by atoms with E-state index in [0.717, 1.165) is 10.9 Å². The van der Waals surface area contributed by atoms with Crippen molar-refractivity contribution in [3.63, 3.8) is 0 Å². The van der Waals surface area contributed by atoms with Gasteiger partial charge in [-0.25, -0.2) is 9.97 Å². The number of fused-ring (bicyclic) bond motifs is 2. The second kappa shape index (κ2) is 7.66. The minimum Gasteiger partial charge on any atom is -0.493 e. The largest absolute Gasteiger partial charge is 0.493 e. The van der Waals surface area contributed by atoms with Gasteiger partial charge in [0.15, 0.2) is 11.5 Å². The number of nitrogen functional groups attached to an aromatic ring is 1. The number of piperazine rings is 1. The van der Waals surface area contributed by atoms with Gasteiger partial charge < -0.3 is 25.0 Å². The number of nitrogens with two attached hydrogens (primary N) is 1. The summed E-state index contributed by atoms with van der Waals surface area (Å²) in [5.74, 6) is 3.49. The molecule has 5 rings (SSSR count). The number of carbonyl (C=O) groups is 1. The Morgan fingerprint density at radius 2 is 1.59 bits per heavy atom. The standard InChI is InChI=1S/C21H24N8O3/c1-27-17(30)8-12-11-23-20(26-19(12)27)28-4-6-29(7-5-28)21-24-14-10-16(32-3)15(31-2)9-13(14)18(22)25-21/h9-11H,4-8H2,1-3H3,(H2,22,24,25). The number of aromatic nitrogens is 4. The molecule has 0 atom stereocenters. The van der Waals surface area contributed by atoms with Crippen LogP contribution in [0, 0.1) is 0 Å². The van der Waals surface area contributed by atoms with Crippen molar-refractivity contribution >= 4 is 40.3 Å². The van der Waals surface area contributed by atoms with E-state index in [0.29, 0.717) is 73.1 Å². The number of rotatable bonds is 4. The highest BCUT2D eigenvalue weighted by Crippen LogP contribution is 2.34. The Labute approximate surface area is 184 Å². The van der Waals surface area contributed by atoms with Crippen molar-refractivity contribution in [3.8, 4) is 11.5 Å². The first kappa shape index (κ1) is 20.0. The van der Waals surface area contributed by atoms with Crippen molar-refractivity contribution in [2.75, 3.05) is 67.9 Å². The number of carbonyl (C=O) groups excluding carboxylic acids is 1. The van der Waals surface area contributed by atoms with E-state index in [1.165, 1.54) is 0 Å². The van der Waals surface area contributed by atoms with Crippen LogP contribution in [0.5, 0.6) is 11.5 Å².